The number of amides is 2. The molecule has 4 nitrogen and oxygen atoms in total. The van der Waals surface area contributed by atoms with Crippen molar-refractivity contribution in [2.24, 2.45) is 23.2 Å². The molecule has 2 amide bonds. The number of nitrogens with one attached hydrogen (secondary N) is 1. The van der Waals surface area contributed by atoms with Crippen LogP contribution in [0.5, 0.6) is 0 Å². The Morgan fingerprint density at radius 2 is 1.65 bits per heavy atom. The van der Waals surface area contributed by atoms with Gasteiger partial charge in [-0.2, -0.15) is 0 Å². The first kappa shape index (κ1) is 17.5. The highest BCUT2D eigenvalue weighted by molar-refractivity contribution is 9.10. The second-order valence-electron chi connectivity index (χ2n) is 10.2. The minimum absolute atomic E-state index is 0.116. The summed E-state index contributed by atoms with van der Waals surface area (Å²) in [6, 6.07) is 0.440. The number of likely N-dealkylation sites (tertiary alicyclic amines) is 1. The van der Waals surface area contributed by atoms with Crippen LogP contribution in [0.4, 0.5) is 0 Å². The number of hydrogen-bond donors (Lipinski definition) is 1. The van der Waals surface area contributed by atoms with E-state index in [9.17, 15) is 9.59 Å². The zero-order chi connectivity index (χ0) is 17.9. The summed E-state index contributed by atoms with van der Waals surface area (Å²) in [7, 11) is 0. The molecule has 0 aromatic heterocycles. The molecular weight excluding hydrogens is 392 g/mol. The van der Waals surface area contributed by atoms with E-state index in [-0.39, 0.29) is 17.2 Å². The van der Waals surface area contributed by atoms with E-state index in [0.717, 1.165) is 57.0 Å². The van der Waals surface area contributed by atoms with Crippen LogP contribution in [0.25, 0.3) is 0 Å². The molecule has 6 rings (SSSR count). The third-order valence-corrected chi connectivity index (χ3v) is 8.71. The molecule has 5 aliphatic carbocycles. The van der Waals surface area contributed by atoms with Gasteiger partial charge in [0.2, 0.25) is 11.8 Å². The van der Waals surface area contributed by atoms with E-state index < -0.39 is 0 Å². The number of carbonyl (C=O) groups excluding carboxylic acids is 2. The minimum Gasteiger partial charge on any atom is -0.353 e. The van der Waals surface area contributed by atoms with Gasteiger partial charge < -0.3 is 10.2 Å². The SMILES string of the molecule is O=C(NC1CC1)C1CCN(C(=O)CC23CC4CC(CC(Br)(C4)C2)C3)CC1. The van der Waals surface area contributed by atoms with Crippen LogP contribution >= 0.6 is 15.9 Å². The highest BCUT2D eigenvalue weighted by Crippen LogP contribution is 2.65. The molecule has 1 aliphatic heterocycles. The second kappa shape index (κ2) is 6.22. The summed E-state index contributed by atoms with van der Waals surface area (Å²) in [5.74, 6) is 2.36. The normalized spacial score (nSPS) is 42.1. The highest BCUT2D eigenvalue weighted by Gasteiger charge is 2.57. The van der Waals surface area contributed by atoms with Crippen molar-refractivity contribution in [2.45, 2.75) is 81.0 Å². The Balaban J connectivity index is 1.17. The predicted molar refractivity (Wildman–Crippen MR) is 104 cm³/mol. The van der Waals surface area contributed by atoms with E-state index in [0.29, 0.717) is 16.3 Å². The van der Waals surface area contributed by atoms with Gasteiger partial charge in [-0.25, -0.2) is 0 Å². The van der Waals surface area contributed by atoms with Gasteiger partial charge in [0, 0.05) is 35.8 Å². The summed E-state index contributed by atoms with van der Waals surface area (Å²) >= 11 is 4.06. The average Bonchev–Trinajstić information content (AvgIpc) is 3.36. The van der Waals surface area contributed by atoms with E-state index in [4.69, 9.17) is 0 Å². The van der Waals surface area contributed by atoms with Gasteiger partial charge in [0.1, 0.15) is 0 Å². The van der Waals surface area contributed by atoms with Gasteiger partial charge in [-0.15, -0.1) is 0 Å². The van der Waals surface area contributed by atoms with Crippen LogP contribution in [0.1, 0.15) is 70.6 Å². The lowest BCUT2D eigenvalue weighted by molar-refractivity contribution is -0.141. The molecule has 1 saturated heterocycles. The van der Waals surface area contributed by atoms with Crippen LogP contribution in [0.15, 0.2) is 0 Å². The van der Waals surface area contributed by atoms with Crippen LogP contribution in [-0.2, 0) is 9.59 Å². The van der Waals surface area contributed by atoms with Gasteiger partial charge in [0.05, 0.1) is 0 Å². The number of rotatable bonds is 4. The summed E-state index contributed by atoms with van der Waals surface area (Å²) in [5, 5.41) is 3.13. The van der Waals surface area contributed by atoms with Crippen molar-refractivity contribution in [1.82, 2.24) is 10.2 Å². The van der Waals surface area contributed by atoms with E-state index in [1.54, 1.807) is 0 Å². The third-order valence-electron chi connectivity index (χ3n) is 7.78. The van der Waals surface area contributed by atoms with Gasteiger partial charge in [-0.05, 0) is 81.5 Å². The van der Waals surface area contributed by atoms with Crippen molar-refractivity contribution < 1.29 is 9.59 Å². The Hall–Kier alpha value is -0.580. The molecule has 0 radical (unpaired) electrons. The van der Waals surface area contributed by atoms with Gasteiger partial charge >= 0.3 is 0 Å². The fourth-order valence-corrected chi connectivity index (χ4v) is 8.42. The van der Waals surface area contributed by atoms with Crippen LogP contribution in [0.2, 0.25) is 0 Å². The molecule has 4 bridgehead atoms. The molecule has 6 fully saturated rings. The zero-order valence-electron chi connectivity index (χ0n) is 15.6. The van der Waals surface area contributed by atoms with Crippen LogP contribution in [0, 0.1) is 23.2 Å². The Morgan fingerprint density at radius 1 is 1.00 bits per heavy atom. The largest absolute Gasteiger partial charge is 0.353 e. The maximum atomic E-state index is 13.1. The lowest BCUT2D eigenvalue weighted by Gasteiger charge is -2.60. The lowest BCUT2D eigenvalue weighted by Crippen LogP contribution is -2.54. The Labute approximate surface area is 165 Å². The molecule has 5 saturated carbocycles. The summed E-state index contributed by atoms with van der Waals surface area (Å²) < 4.78 is 0.325. The van der Waals surface area contributed by atoms with Crippen molar-refractivity contribution in [3.05, 3.63) is 0 Å². The topological polar surface area (TPSA) is 49.4 Å². The van der Waals surface area contributed by atoms with E-state index in [1.165, 1.54) is 38.5 Å². The first-order chi connectivity index (χ1) is 12.4. The lowest BCUT2D eigenvalue weighted by atomic mass is 9.48. The molecule has 6 aliphatic rings. The van der Waals surface area contributed by atoms with E-state index in [1.807, 2.05) is 0 Å². The molecule has 0 aromatic rings. The minimum atomic E-state index is 0.116. The van der Waals surface area contributed by atoms with Gasteiger partial charge in [-0.3, -0.25) is 9.59 Å². The zero-order valence-corrected chi connectivity index (χ0v) is 17.2. The molecule has 1 N–H and O–H groups in total. The average molecular weight is 423 g/mol. The fourth-order valence-electron chi connectivity index (χ4n) is 6.91. The molecule has 1 heterocycles. The molecule has 5 heteroatoms. The van der Waals surface area contributed by atoms with Crippen LogP contribution < -0.4 is 5.32 Å². The third kappa shape index (κ3) is 3.33. The molecule has 2 atom stereocenters. The van der Waals surface area contributed by atoms with Gasteiger partial charge in [-0.1, -0.05) is 15.9 Å². The molecule has 2 unspecified atom stereocenters. The molecule has 0 spiro atoms. The van der Waals surface area contributed by atoms with E-state index in [2.05, 4.69) is 26.1 Å². The van der Waals surface area contributed by atoms with Gasteiger partial charge in [0.25, 0.3) is 0 Å². The second-order valence-corrected chi connectivity index (χ2v) is 11.9. The van der Waals surface area contributed by atoms with Crippen LogP contribution in [-0.4, -0.2) is 40.2 Å². The van der Waals surface area contributed by atoms with Crippen molar-refractivity contribution in [3.8, 4) is 0 Å². The van der Waals surface area contributed by atoms with Crippen LogP contribution in [0.3, 0.4) is 0 Å². The summed E-state index contributed by atoms with van der Waals surface area (Å²) in [6.45, 7) is 1.54. The number of piperidine rings is 1. The maximum absolute atomic E-state index is 13.1. The maximum Gasteiger partial charge on any atom is 0.223 e. The summed E-state index contributed by atoms with van der Waals surface area (Å²) in [4.78, 5) is 27.4. The molecule has 26 heavy (non-hydrogen) atoms. The number of alkyl halides is 1. The summed E-state index contributed by atoms with van der Waals surface area (Å²) in [6.07, 6.45) is 12.5. The first-order valence-corrected chi connectivity index (χ1v) is 11.5. The van der Waals surface area contributed by atoms with Crippen molar-refractivity contribution >= 4 is 27.7 Å². The predicted octanol–water partition coefficient (Wildman–Crippen LogP) is 3.63. The van der Waals surface area contributed by atoms with Gasteiger partial charge in [0.15, 0.2) is 0 Å². The highest BCUT2D eigenvalue weighted by atomic mass is 79.9. The Morgan fingerprint density at radius 3 is 2.23 bits per heavy atom. The van der Waals surface area contributed by atoms with Crippen molar-refractivity contribution in [1.29, 1.82) is 0 Å². The quantitative estimate of drug-likeness (QED) is 0.703. The summed E-state index contributed by atoms with van der Waals surface area (Å²) in [5.41, 5.74) is 0.255. The van der Waals surface area contributed by atoms with E-state index >= 15 is 0 Å². The standard InChI is InChI=1S/C21H31BrN2O2/c22-21-10-14-7-15(11-21)9-20(8-14,13-21)12-18(25)24-5-3-16(4-6-24)19(26)23-17-1-2-17/h14-17H,1-13H2,(H,23,26). The fraction of sp³-hybridized carbons (Fsp3) is 0.905. The smallest absolute Gasteiger partial charge is 0.223 e. The number of halogens is 1. The Kier molecular flexibility index (Phi) is 4.19. The molecule has 144 valence electrons. The first-order valence-electron chi connectivity index (χ1n) is 10.7. The van der Waals surface area contributed by atoms with Crippen molar-refractivity contribution in [2.75, 3.05) is 13.1 Å². The molecular formula is C21H31BrN2O2. The number of hydrogen-bond acceptors (Lipinski definition) is 2. The van der Waals surface area contributed by atoms with Crippen molar-refractivity contribution in [3.63, 3.8) is 0 Å². The number of nitrogens with zero attached hydrogens (tertiary/aromatic N) is 1. The molecule has 0 aromatic carbocycles. The number of carbonyl (C=O) groups is 2. The Bertz CT molecular complexity index is 595. The monoisotopic (exact) mass is 422 g/mol.